The average molecular weight is 365 g/mol. The highest BCUT2D eigenvalue weighted by Crippen LogP contribution is 2.28. The van der Waals surface area contributed by atoms with Gasteiger partial charge in [0.2, 0.25) is 0 Å². The number of aryl methyl sites for hydroxylation is 1. The van der Waals surface area contributed by atoms with Crippen LogP contribution in [0.4, 0.5) is 5.69 Å². The Balaban J connectivity index is 1.91. The van der Waals surface area contributed by atoms with Gasteiger partial charge in [-0.3, -0.25) is 10.1 Å². The summed E-state index contributed by atoms with van der Waals surface area (Å²) in [6, 6.07) is 17.1. The van der Waals surface area contributed by atoms with E-state index in [0.29, 0.717) is 27.7 Å². The standard InChI is InChI=1S/C20H13ClN2O3/c1-13-2-3-15(11-19(13)21)20-9-8-18(26-20)10-16(12-22)14-4-6-17(7-5-14)23(24)25/h2-11H,1H3/b16-10-. The molecule has 2 aromatic carbocycles. The van der Waals surface area contributed by atoms with Gasteiger partial charge in [0.05, 0.1) is 16.6 Å². The smallest absolute Gasteiger partial charge is 0.269 e. The molecule has 0 unspecified atom stereocenters. The normalized spacial score (nSPS) is 11.2. The molecule has 0 radical (unpaired) electrons. The number of rotatable bonds is 4. The molecule has 0 saturated carbocycles. The van der Waals surface area contributed by atoms with Gasteiger partial charge < -0.3 is 4.42 Å². The molecule has 0 amide bonds. The number of allylic oxidation sites excluding steroid dienone is 1. The lowest BCUT2D eigenvalue weighted by atomic mass is 10.1. The van der Waals surface area contributed by atoms with Crippen molar-refractivity contribution in [2.45, 2.75) is 6.92 Å². The Kier molecular flexibility index (Phi) is 4.87. The summed E-state index contributed by atoms with van der Waals surface area (Å²) in [5.74, 6) is 1.14. The molecule has 1 aromatic heterocycles. The molecule has 0 atom stereocenters. The Labute approximate surface area is 154 Å². The number of nitrogens with zero attached hydrogens (tertiary/aromatic N) is 2. The predicted octanol–water partition coefficient (Wildman–Crippen LogP) is 5.88. The number of halogens is 1. The van der Waals surface area contributed by atoms with Crippen molar-refractivity contribution in [1.29, 1.82) is 5.26 Å². The maximum absolute atomic E-state index is 10.7. The fourth-order valence-corrected chi connectivity index (χ4v) is 2.60. The molecule has 0 saturated heterocycles. The van der Waals surface area contributed by atoms with E-state index in [1.807, 2.05) is 25.1 Å². The first-order valence-electron chi connectivity index (χ1n) is 7.71. The van der Waals surface area contributed by atoms with Crippen LogP contribution in [0.15, 0.2) is 59.0 Å². The molecule has 3 rings (SSSR count). The van der Waals surface area contributed by atoms with Crippen LogP contribution in [-0.4, -0.2) is 4.92 Å². The fourth-order valence-electron chi connectivity index (χ4n) is 2.42. The van der Waals surface area contributed by atoms with Gasteiger partial charge in [0.1, 0.15) is 11.5 Å². The minimum atomic E-state index is -0.481. The van der Waals surface area contributed by atoms with Crippen molar-refractivity contribution in [3.63, 3.8) is 0 Å². The van der Waals surface area contributed by atoms with Gasteiger partial charge >= 0.3 is 0 Å². The molecule has 0 bridgehead atoms. The monoisotopic (exact) mass is 364 g/mol. The van der Waals surface area contributed by atoms with E-state index in [4.69, 9.17) is 16.0 Å². The van der Waals surface area contributed by atoms with Gasteiger partial charge in [0, 0.05) is 22.7 Å². The van der Waals surface area contributed by atoms with E-state index in [2.05, 4.69) is 6.07 Å². The van der Waals surface area contributed by atoms with E-state index in [-0.39, 0.29) is 5.69 Å². The zero-order valence-corrected chi connectivity index (χ0v) is 14.5. The minimum absolute atomic E-state index is 0.0254. The zero-order chi connectivity index (χ0) is 18.7. The second-order valence-electron chi connectivity index (χ2n) is 5.64. The van der Waals surface area contributed by atoms with Gasteiger partial charge in [-0.15, -0.1) is 0 Å². The van der Waals surface area contributed by atoms with Crippen molar-refractivity contribution >= 4 is 28.9 Å². The highest BCUT2D eigenvalue weighted by molar-refractivity contribution is 6.31. The van der Waals surface area contributed by atoms with E-state index < -0.39 is 4.92 Å². The van der Waals surface area contributed by atoms with Crippen molar-refractivity contribution in [2.24, 2.45) is 0 Å². The Morgan fingerprint density at radius 2 is 1.92 bits per heavy atom. The highest BCUT2D eigenvalue weighted by Gasteiger charge is 2.09. The first-order chi connectivity index (χ1) is 12.5. The lowest BCUT2D eigenvalue weighted by molar-refractivity contribution is -0.384. The minimum Gasteiger partial charge on any atom is -0.457 e. The van der Waals surface area contributed by atoms with Crippen LogP contribution in [0, 0.1) is 28.4 Å². The third-order valence-corrected chi connectivity index (χ3v) is 4.29. The summed E-state index contributed by atoms with van der Waals surface area (Å²) in [4.78, 5) is 10.2. The second-order valence-corrected chi connectivity index (χ2v) is 6.05. The highest BCUT2D eigenvalue weighted by atomic mass is 35.5. The summed E-state index contributed by atoms with van der Waals surface area (Å²) in [5.41, 5.74) is 2.72. The summed E-state index contributed by atoms with van der Waals surface area (Å²) in [6.45, 7) is 1.92. The van der Waals surface area contributed by atoms with E-state index in [9.17, 15) is 15.4 Å². The van der Waals surface area contributed by atoms with Crippen molar-refractivity contribution in [3.05, 3.63) is 86.6 Å². The van der Waals surface area contributed by atoms with Crippen LogP contribution in [0.1, 0.15) is 16.9 Å². The summed E-state index contributed by atoms with van der Waals surface area (Å²) in [7, 11) is 0. The van der Waals surface area contributed by atoms with Crippen LogP contribution in [0.3, 0.4) is 0 Å². The SMILES string of the molecule is Cc1ccc(-c2ccc(/C=C(/C#N)c3ccc([N+](=O)[O-])cc3)o2)cc1Cl. The number of nitriles is 1. The van der Waals surface area contributed by atoms with Crippen molar-refractivity contribution in [1.82, 2.24) is 0 Å². The molecule has 26 heavy (non-hydrogen) atoms. The van der Waals surface area contributed by atoms with Gasteiger partial charge in [-0.2, -0.15) is 5.26 Å². The quantitative estimate of drug-likeness (QED) is 0.329. The van der Waals surface area contributed by atoms with E-state index in [1.54, 1.807) is 18.2 Å². The largest absolute Gasteiger partial charge is 0.457 e. The third kappa shape index (κ3) is 3.66. The molecule has 1 heterocycles. The Bertz CT molecular complexity index is 1040. The Morgan fingerprint density at radius 3 is 2.54 bits per heavy atom. The zero-order valence-electron chi connectivity index (χ0n) is 13.8. The van der Waals surface area contributed by atoms with Crippen LogP contribution in [0.25, 0.3) is 23.0 Å². The summed E-state index contributed by atoms with van der Waals surface area (Å²) in [6.07, 6.45) is 1.60. The van der Waals surface area contributed by atoms with Crippen LogP contribution in [-0.2, 0) is 0 Å². The number of nitro groups is 1. The third-order valence-electron chi connectivity index (χ3n) is 3.88. The maximum Gasteiger partial charge on any atom is 0.269 e. The van der Waals surface area contributed by atoms with Crippen LogP contribution < -0.4 is 0 Å². The van der Waals surface area contributed by atoms with Gasteiger partial charge in [-0.1, -0.05) is 23.7 Å². The van der Waals surface area contributed by atoms with Gasteiger partial charge in [0.15, 0.2) is 0 Å². The first-order valence-corrected chi connectivity index (χ1v) is 8.08. The van der Waals surface area contributed by atoms with E-state index >= 15 is 0 Å². The number of hydrogen-bond acceptors (Lipinski definition) is 4. The molecular weight excluding hydrogens is 352 g/mol. The van der Waals surface area contributed by atoms with Gasteiger partial charge in [-0.05, 0) is 54.5 Å². The van der Waals surface area contributed by atoms with Gasteiger partial charge in [0.25, 0.3) is 5.69 Å². The number of nitro benzene ring substituents is 1. The summed E-state index contributed by atoms with van der Waals surface area (Å²) < 4.78 is 5.79. The summed E-state index contributed by atoms with van der Waals surface area (Å²) in [5, 5.41) is 20.8. The van der Waals surface area contributed by atoms with Crippen molar-refractivity contribution < 1.29 is 9.34 Å². The van der Waals surface area contributed by atoms with E-state index in [1.165, 1.54) is 24.3 Å². The lowest BCUT2D eigenvalue weighted by Crippen LogP contribution is -1.88. The number of hydrogen-bond donors (Lipinski definition) is 0. The predicted molar refractivity (Wildman–Crippen MR) is 100 cm³/mol. The van der Waals surface area contributed by atoms with E-state index in [0.717, 1.165) is 11.1 Å². The fraction of sp³-hybridized carbons (Fsp3) is 0.0500. The molecule has 0 aliphatic heterocycles. The lowest BCUT2D eigenvalue weighted by Gasteiger charge is -2.01. The second kappa shape index (κ2) is 7.26. The number of benzene rings is 2. The first kappa shape index (κ1) is 17.5. The summed E-state index contributed by atoms with van der Waals surface area (Å²) >= 11 is 6.15. The molecule has 0 fully saturated rings. The molecule has 128 valence electrons. The van der Waals surface area contributed by atoms with Crippen molar-refractivity contribution in [3.8, 4) is 17.4 Å². The van der Waals surface area contributed by atoms with Crippen LogP contribution >= 0.6 is 11.6 Å². The molecule has 0 N–H and O–H groups in total. The average Bonchev–Trinajstić information content (AvgIpc) is 3.10. The van der Waals surface area contributed by atoms with Crippen molar-refractivity contribution in [2.75, 3.05) is 0 Å². The molecule has 5 nitrogen and oxygen atoms in total. The number of non-ortho nitro benzene ring substituents is 1. The Morgan fingerprint density at radius 1 is 1.19 bits per heavy atom. The molecule has 0 aliphatic carbocycles. The Hall–Kier alpha value is -3.36. The molecule has 3 aromatic rings. The van der Waals surface area contributed by atoms with Crippen LogP contribution in [0.2, 0.25) is 5.02 Å². The maximum atomic E-state index is 10.7. The molecular formula is C20H13ClN2O3. The molecule has 6 heteroatoms. The van der Waals surface area contributed by atoms with Gasteiger partial charge in [-0.25, -0.2) is 0 Å². The number of furan rings is 1. The molecule has 0 aliphatic rings. The van der Waals surface area contributed by atoms with Crippen LogP contribution in [0.5, 0.6) is 0 Å². The topological polar surface area (TPSA) is 80.1 Å². The molecule has 0 spiro atoms.